The minimum absolute atomic E-state index is 0. The van der Waals surface area contributed by atoms with Crippen molar-refractivity contribution in [2.75, 3.05) is 0 Å². The molecule has 0 aliphatic carbocycles. The molecule has 5 N–H and O–H groups in total. The second kappa shape index (κ2) is 15.9. The average molecular weight is 606 g/mol. The van der Waals surface area contributed by atoms with Crippen LogP contribution in [0, 0.1) is 0 Å². The van der Waals surface area contributed by atoms with Gasteiger partial charge < -0.3 is 35.7 Å². The molecule has 0 aromatic rings. The van der Waals surface area contributed by atoms with E-state index < -0.39 is 56.0 Å². The van der Waals surface area contributed by atoms with E-state index in [1.54, 1.807) is 0 Å². The van der Waals surface area contributed by atoms with Crippen molar-refractivity contribution in [2.24, 2.45) is 8.80 Å². The molecule has 0 radical (unpaired) electrons. The Morgan fingerprint density at radius 1 is 0.697 bits per heavy atom. The molecule has 0 aliphatic rings. The predicted octanol–water partition coefficient (Wildman–Crippen LogP) is -9.23. The topological polar surface area (TPSA) is 351 Å². The third kappa shape index (κ3) is 24.9. The molecule has 22 nitrogen and oxygen atoms in total. The summed E-state index contributed by atoms with van der Waals surface area (Å²) in [6, 6.07) is 0. The molecular formula is C4H7N2Na2O20P3S2. The predicted molar refractivity (Wildman–Crippen MR) is 84.6 cm³/mol. The van der Waals surface area contributed by atoms with Gasteiger partial charge in [0.05, 0.1) is 0 Å². The Morgan fingerprint density at radius 3 is 1.12 bits per heavy atom. The minimum Gasteiger partial charge on any atom is -1.00 e. The maximum absolute atomic E-state index is 10.6. The van der Waals surface area contributed by atoms with Gasteiger partial charge in [0.25, 0.3) is 12.2 Å². The van der Waals surface area contributed by atoms with Gasteiger partial charge in [0.15, 0.2) is 0 Å². The number of hydrogen-bond acceptors (Lipinski definition) is 15. The maximum Gasteiger partial charge on any atom is 1.00 e. The zero-order chi connectivity index (χ0) is 25.3. The molecule has 0 aliphatic heterocycles. The second-order valence-electron chi connectivity index (χ2n) is 3.58. The molecule has 0 spiro atoms. The number of carbonyl (C=O) groups is 2. The SMILES string of the molecule is O=C=NS(=O)(=O)OC(=O)C(=O)OS(=O)(=O)N=C=O.O=P(O)(O)OP(=O)(O)OP(=O)(O)O.[H-].[H-].[Na+].[Na+]. The van der Waals surface area contributed by atoms with Crippen LogP contribution >= 0.6 is 23.5 Å². The molecule has 33 heavy (non-hydrogen) atoms. The zero-order valence-corrected chi connectivity index (χ0v) is 23.7. The van der Waals surface area contributed by atoms with Gasteiger partial charge in [0, 0.05) is 0 Å². The van der Waals surface area contributed by atoms with Gasteiger partial charge in [-0.05, 0) is 8.80 Å². The molecule has 0 amide bonds. The maximum atomic E-state index is 10.6. The van der Waals surface area contributed by atoms with Crippen LogP contribution in [0.25, 0.3) is 0 Å². The van der Waals surface area contributed by atoms with Crippen LogP contribution in [-0.2, 0) is 70.5 Å². The van der Waals surface area contributed by atoms with Gasteiger partial charge in [0.2, 0.25) is 0 Å². The molecule has 0 rings (SSSR count). The Hall–Kier alpha value is 0.01000. The standard InChI is InChI=1S/C4N2O10S2.2Na.H5O10P3.2H/c7-1-5-17(11,12)15-3(9)4(10)16-18(13,14)6-2-8;;;1-11(2,3)9-13(7,8)10-12(4,5)6;;/h;;;(H,7,8)(H2,1,2,3)(H2,4,5,6);;/q;2*+1;;2*-1. The van der Waals surface area contributed by atoms with E-state index in [0.717, 1.165) is 0 Å². The molecule has 0 atom stereocenters. The number of isocyanates is 2. The van der Waals surface area contributed by atoms with Crippen molar-refractivity contribution in [1.29, 1.82) is 0 Å². The molecule has 0 saturated carbocycles. The summed E-state index contributed by atoms with van der Waals surface area (Å²) >= 11 is 0. The van der Waals surface area contributed by atoms with E-state index in [1.165, 1.54) is 0 Å². The Balaban J connectivity index is -0.000000112. The van der Waals surface area contributed by atoms with E-state index in [-0.39, 0.29) is 62.0 Å². The van der Waals surface area contributed by atoms with Gasteiger partial charge in [-0.25, -0.2) is 32.9 Å². The van der Waals surface area contributed by atoms with E-state index in [9.17, 15) is 49.7 Å². The van der Waals surface area contributed by atoms with E-state index in [4.69, 9.17) is 24.5 Å². The van der Waals surface area contributed by atoms with Crippen LogP contribution in [0.2, 0.25) is 0 Å². The molecular weight excluding hydrogens is 599 g/mol. The summed E-state index contributed by atoms with van der Waals surface area (Å²) in [6.45, 7) is 0. The first-order valence-corrected chi connectivity index (χ1v) is 12.9. The fraction of sp³-hybridized carbons (Fsp3) is 0. The molecule has 0 heterocycles. The van der Waals surface area contributed by atoms with E-state index in [0.29, 0.717) is 12.2 Å². The number of carbonyl (C=O) groups excluding carboxylic acids is 4. The second-order valence-corrected chi connectivity index (χ2v) is 10.2. The van der Waals surface area contributed by atoms with Crippen molar-refractivity contribution in [3.8, 4) is 0 Å². The third-order valence-electron chi connectivity index (χ3n) is 1.25. The van der Waals surface area contributed by atoms with Crippen LogP contribution in [-0.4, -0.2) is 65.4 Å². The van der Waals surface area contributed by atoms with Gasteiger partial charge in [-0.1, -0.05) is 0 Å². The Kier molecular flexibility index (Phi) is 19.4. The van der Waals surface area contributed by atoms with Crippen LogP contribution < -0.4 is 59.1 Å². The van der Waals surface area contributed by atoms with Crippen LogP contribution in [0.15, 0.2) is 8.80 Å². The van der Waals surface area contributed by atoms with E-state index in [1.807, 2.05) is 8.80 Å². The summed E-state index contributed by atoms with van der Waals surface area (Å²) < 4.78 is 89.0. The van der Waals surface area contributed by atoms with Crippen LogP contribution in [0.3, 0.4) is 0 Å². The van der Waals surface area contributed by atoms with Crippen molar-refractivity contribution in [2.45, 2.75) is 0 Å². The normalized spacial score (nSPS) is 11.4. The summed E-state index contributed by atoms with van der Waals surface area (Å²) in [5.41, 5.74) is 0. The van der Waals surface area contributed by atoms with Gasteiger partial charge in [-0.3, -0.25) is 0 Å². The fourth-order valence-corrected chi connectivity index (χ4v) is 3.99. The van der Waals surface area contributed by atoms with Gasteiger partial charge in [-0.2, -0.15) is 25.5 Å². The molecule has 0 saturated heterocycles. The summed E-state index contributed by atoms with van der Waals surface area (Å²) in [7, 11) is -26.4. The van der Waals surface area contributed by atoms with E-state index in [2.05, 4.69) is 17.0 Å². The fourth-order valence-electron chi connectivity index (χ4n) is 0.672. The quantitative estimate of drug-likeness (QED) is 0.0563. The van der Waals surface area contributed by atoms with Crippen LogP contribution in [0.1, 0.15) is 2.85 Å². The number of rotatable bonds is 8. The molecule has 0 aromatic heterocycles. The van der Waals surface area contributed by atoms with Crippen LogP contribution in [0.4, 0.5) is 0 Å². The third-order valence-corrected chi connectivity index (χ3v) is 5.92. The Bertz CT molecular complexity index is 1070. The first kappa shape index (κ1) is 40.2. The number of nitrogens with zero attached hydrogens (tertiary/aromatic N) is 2. The molecule has 0 aromatic carbocycles. The smallest absolute Gasteiger partial charge is 1.00 e. The monoisotopic (exact) mass is 606 g/mol. The molecule has 0 fully saturated rings. The summed E-state index contributed by atoms with van der Waals surface area (Å²) in [6.07, 6.45) is 0.981. The first-order valence-electron chi connectivity index (χ1n) is 5.57. The Morgan fingerprint density at radius 2 is 0.939 bits per heavy atom. The largest absolute Gasteiger partial charge is 1.00 e. The van der Waals surface area contributed by atoms with Crippen molar-refractivity contribution in [3.05, 3.63) is 0 Å². The van der Waals surface area contributed by atoms with Crippen LogP contribution in [0.5, 0.6) is 0 Å². The van der Waals surface area contributed by atoms with Crippen molar-refractivity contribution in [3.63, 3.8) is 0 Å². The van der Waals surface area contributed by atoms with Crippen molar-refractivity contribution < 1.29 is 153 Å². The van der Waals surface area contributed by atoms with Crippen molar-refractivity contribution >= 4 is 68.2 Å². The van der Waals surface area contributed by atoms with Gasteiger partial charge >= 0.3 is 115 Å². The summed E-state index contributed by atoms with van der Waals surface area (Å²) in [4.78, 5) is 80.6. The number of phosphoric acid groups is 3. The first-order chi connectivity index (χ1) is 13.5. The summed E-state index contributed by atoms with van der Waals surface area (Å²) in [5.74, 6) is -4.67. The number of hydrogen-bond donors (Lipinski definition) is 5. The molecule has 182 valence electrons. The average Bonchev–Trinajstić information content (AvgIpc) is 2.40. The Labute approximate surface area is 228 Å². The van der Waals surface area contributed by atoms with Gasteiger partial charge in [0.1, 0.15) is 0 Å². The molecule has 0 unspecified atom stereocenters. The summed E-state index contributed by atoms with van der Waals surface area (Å²) in [5, 5.41) is 0. The van der Waals surface area contributed by atoms with E-state index >= 15 is 0 Å². The molecule has 29 heteroatoms. The van der Waals surface area contributed by atoms with Gasteiger partial charge in [-0.15, -0.1) is 0 Å². The zero-order valence-electron chi connectivity index (χ0n) is 17.4. The minimum atomic E-state index is -5.46. The molecule has 0 bridgehead atoms. The van der Waals surface area contributed by atoms with Crippen molar-refractivity contribution in [1.82, 2.24) is 0 Å².